The molecule has 110 valence electrons. The highest BCUT2D eigenvalue weighted by molar-refractivity contribution is 5.76. The zero-order valence-corrected chi connectivity index (χ0v) is 11.5. The summed E-state index contributed by atoms with van der Waals surface area (Å²) in [6, 6.07) is -0.283. The second kappa shape index (κ2) is 9.18. The maximum Gasteiger partial charge on any atom is 0.317 e. The molecule has 0 fully saturated rings. The van der Waals surface area contributed by atoms with E-state index in [1.165, 1.54) is 4.90 Å². The lowest BCUT2D eigenvalue weighted by molar-refractivity contribution is -0.141. The van der Waals surface area contributed by atoms with Crippen molar-refractivity contribution in [3.05, 3.63) is 0 Å². The van der Waals surface area contributed by atoms with Gasteiger partial charge in [-0.3, -0.25) is 9.59 Å². The van der Waals surface area contributed by atoms with E-state index in [0.717, 1.165) is 0 Å². The average Bonchev–Trinajstić information content (AvgIpc) is 2.34. The Morgan fingerprint density at radius 2 is 1.95 bits per heavy atom. The minimum Gasteiger partial charge on any atom is -0.481 e. The summed E-state index contributed by atoms with van der Waals surface area (Å²) in [6.45, 7) is 4.43. The van der Waals surface area contributed by atoms with Gasteiger partial charge in [0.25, 0.3) is 0 Å². The number of urea groups is 1. The van der Waals surface area contributed by atoms with E-state index >= 15 is 0 Å². The van der Waals surface area contributed by atoms with Crippen molar-refractivity contribution in [2.24, 2.45) is 11.7 Å². The Balaban J connectivity index is 3.95. The maximum absolute atomic E-state index is 11.8. The van der Waals surface area contributed by atoms with Gasteiger partial charge in [-0.15, -0.1) is 0 Å². The van der Waals surface area contributed by atoms with Crippen LogP contribution >= 0.6 is 0 Å². The molecule has 0 saturated carbocycles. The van der Waals surface area contributed by atoms with Gasteiger partial charge in [-0.1, -0.05) is 6.92 Å². The molecule has 0 aliphatic carbocycles. The highest BCUT2D eigenvalue weighted by Gasteiger charge is 2.18. The van der Waals surface area contributed by atoms with Crippen LogP contribution in [0.2, 0.25) is 0 Å². The largest absolute Gasteiger partial charge is 0.481 e. The van der Waals surface area contributed by atoms with Crippen LogP contribution in [0.15, 0.2) is 0 Å². The minimum absolute atomic E-state index is 0.180. The van der Waals surface area contributed by atoms with Crippen LogP contribution in [-0.4, -0.2) is 47.5 Å². The lowest BCUT2D eigenvalue weighted by atomic mass is 10.2. The van der Waals surface area contributed by atoms with Crippen LogP contribution in [0.4, 0.5) is 4.79 Å². The molecule has 0 aromatic carbocycles. The summed E-state index contributed by atoms with van der Waals surface area (Å²) in [5, 5.41) is 11.5. The second-order valence-electron chi connectivity index (χ2n) is 4.43. The van der Waals surface area contributed by atoms with E-state index in [-0.39, 0.29) is 18.5 Å². The zero-order chi connectivity index (χ0) is 14.8. The Hall–Kier alpha value is -1.79. The Labute approximate surface area is 113 Å². The number of carboxylic acids is 1. The van der Waals surface area contributed by atoms with Gasteiger partial charge in [0, 0.05) is 26.1 Å². The monoisotopic (exact) mass is 273 g/mol. The molecule has 0 aliphatic rings. The Morgan fingerprint density at radius 1 is 1.32 bits per heavy atom. The summed E-state index contributed by atoms with van der Waals surface area (Å²) in [7, 11) is 0. The van der Waals surface area contributed by atoms with Crippen LogP contribution in [-0.2, 0) is 9.59 Å². The number of hydrogen-bond acceptors (Lipinski definition) is 3. The Morgan fingerprint density at radius 3 is 2.42 bits per heavy atom. The van der Waals surface area contributed by atoms with Crippen molar-refractivity contribution in [3.63, 3.8) is 0 Å². The number of nitrogens with two attached hydrogens (primary N) is 1. The van der Waals surface area contributed by atoms with E-state index in [1.54, 1.807) is 13.8 Å². The highest BCUT2D eigenvalue weighted by atomic mass is 16.4. The summed E-state index contributed by atoms with van der Waals surface area (Å²) >= 11 is 0. The van der Waals surface area contributed by atoms with Crippen LogP contribution < -0.4 is 11.1 Å². The number of carboxylic acid groups (broad SMARTS) is 1. The molecular weight excluding hydrogens is 250 g/mol. The van der Waals surface area contributed by atoms with Gasteiger partial charge < -0.3 is 21.1 Å². The highest BCUT2D eigenvalue weighted by Crippen LogP contribution is 2.01. The minimum atomic E-state index is -0.923. The summed E-state index contributed by atoms with van der Waals surface area (Å²) in [5.41, 5.74) is 5.00. The quantitative estimate of drug-likeness (QED) is 0.527. The number of primary amides is 1. The molecule has 0 aromatic heterocycles. The summed E-state index contributed by atoms with van der Waals surface area (Å²) in [4.78, 5) is 34.5. The molecule has 4 N–H and O–H groups in total. The molecule has 0 aromatic rings. The van der Waals surface area contributed by atoms with Gasteiger partial charge in [-0.05, 0) is 19.8 Å². The molecule has 7 nitrogen and oxygen atoms in total. The van der Waals surface area contributed by atoms with Crippen molar-refractivity contribution in [2.45, 2.75) is 33.1 Å². The van der Waals surface area contributed by atoms with E-state index in [4.69, 9.17) is 10.8 Å². The number of aliphatic carboxylic acids is 1. The number of rotatable bonds is 9. The van der Waals surface area contributed by atoms with Gasteiger partial charge in [-0.2, -0.15) is 0 Å². The van der Waals surface area contributed by atoms with Crippen LogP contribution in [0, 0.1) is 5.92 Å². The van der Waals surface area contributed by atoms with Gasteiger partial charge in [0.1, 0.15) is 0 Å². The fraction of sp³-hybridized carbons (Fsp3) is 0.750. The molecule has 0 heterocycles. The molecule has 0 radical (unpaired) electrons. The summed E-state index contributed by atoms with van der Waals surface area (Å²) < 4.78 is 0. The number of hydrogen-bond donors (Lipinski definition) is 3. The predicted molar refractivity (Wildman–Crippen MR) is 70.5 cm³/mol. The third-order valence-corrected chi connectivity index (χ3v) is 2.71. The Kier molecular flexibility index (Phi) is 8.32. The molecule has 0 bridgehead atoms. The lowest BCUT2D eigenvalue weighted by Gasteiger charge is -2.23. The molecule has 0 rings (SSSR count). The first kappa shape index (κ1) is 17.2. The summed E-state index contributed by atoms with van der Waals surface area (Å²) in [5.74, 6) is -1.87. The normalized spacial score (nSPS) is 11.7. The molecule has 0 saturated heterocycles. The lowest BCUT2D eigenvalue weighted by Crippen LogP contribution is -2.43. The van der Waals surface area contributed by atoms with Crippen LogP contribution in [0.1, 0.15) is 33.1 Å². The number of carbonyl (C=O) groups is 3. The van der Waals surface area contributed by atoms with Gasteiger partial charge in [0.2, 0.25) is 5.91 Å². The van der Waals surface area contributed by atoms with Crippen LogP contribution in [0.5, 0.6) is 0 Å². The smallest absolute Gasteiger partial charge is 0.317 e. The van der Waals surface area contributed by atoms with E-state index in [2.05, 4.69) is 5.32 Å². The number of unbranched alkanes of at least 4 members (excludes halogenated alkanes) is 1. The first-order chi connectivity index (χ1) is 8.88. The van der Waals surface area contributed by atoms with Gasteiger partial charge in [-0.25, -0.2) is 4.79 Å². The van der Waals surface area contributed by atoms with Crippen LogP contribution in [0.25, 0.3) is 0 Å². The fourth-order valence-electron chi connectivity index (χ4n) is 1.50. The first-order valence-corrected chi connectivity index (χ1v) is 6.42. The van der Waals surface area contributed by atoms with Crippen molar-refractivity contribution in [3.8, 4) is 0 Å². The molecule has 7 heteroatoms. The van der Waals surface area contributed by atoms with E-state index < -0.39 is 11.9 Å². The number of amides is 3. The van der Waals surface area contributed by atoms with Crippen molar-refractivity contribution >= 4 is 17.9 Å². The third kappa shape index (κ3) is 8.01. The van der Waals surface area contributed by atoms with Crippen molar-refractivity contribution in [1.82, 2.24) is 10.2 Å². The van der Waals surface area contributed by atoms with Crippen molar-refractivity contribution in [2.75, 3.05) is 19.6 Å². The molecule has 0 aliphatic heterocycles. The van der Waals surface area contributed by atoms with Crippen molar-refractivity contribution in [1.29, 1.82) is 0 Å². The average molecular weight is 273 g/mol. The number of nitrogens with one attached hydrogen (secondary N) is 1. The second-order valence-corrected chi connectivity index (χ2v) is 4.43. The van der Waals surface area contributed by atoms with Gasteiger partial charge in [0.05, 0.1) is 5.92 Å². The molecule has 19 heavy (non-hydrogen) atoms. The maximum atomic E-state index is 11.8. The van der Waals surface area contributed by atoms with E-state index in [1.807, 2.05) is 0 Å². The number of nitrogens with zero attached hydrogens (tertiary/aromatic N) is 1. The summed E-state index contributed by atoms with van der Waals surface area (Å²) in [6.07, 6.45) is 1.61. The molecule has 3 amide bonds. The van der Waals surface area contributed by atoms with Gasteiger partial charge in [0.15, 0.2) is 0 Å². The Bertz CT molecular complexity index is 320. The van der Waals surface area contributed by atoms with Crippen LogP contribution in [0.3, 0.4) is 0 Å². The first-order valence-electron chi connectivity index (χ1n) is 6.42. The molecular formula is C12H23N3O4. The zero-order valence-electron chi connectivity index (χ0n) is 11.5. The molecule has 1 unspecified atom stereocenters. The number of carbonyl (C=O) groups excluding carboxylic acids is 2. The SMILES string of the molecule is CCN(CC(C)C(=O)O)C(=O)NCCCCC(N)=O. The standard InChI is InChI=1S/C12H23N3O4/c1-3-15(8-9(2)11(17)18)12(19)14-7-5-4-6-10(13)16/h9H,3-8H2,1-2H3,(H2,13,16)(H,14,19)(H,17,18). The van der Waals surface area contributed by atoms with Gasteiger partial charge >= 0.3 is 12.0 Å². The van der Waals surface area contributed by atoms with E-state index in [9.17, 15) is 14.4 Å². The fourth-order valence-corrected chi connectivity index (χ4v) is 1.50. The third-order valence-electron chi connectivity index (χ3n) is 2.71. The molecule has 0 spiro atoms. The van der Waals surface area contributed by atoms with E-state index in [0.29, 0.717) is 32.4 Å². The van der Waals surface area contributed by atoms with Crippen molar-refractivity contribution < 1.29 is 19.5 Å². The molecule has 1 atom stereocenters. The topological polar surface area (TPSA) is 113 Å². The predicted octanol–water partition coefficient (Wildman–Crippen LogP) is 0.394.